The van der Waals surface area contributed by atoms with Crippen LogP contribution in [0.4, 0.5) is 0 Å². The zero-order chi connectivity index (χ0) is 18.7. The number of amides is 2. The molecule has 0 radical (unpaired) electrons. The van der Waals surface area contributed by atoms with Crippen LogP contribution in [0.1, 0.15) is 29.5 Å². The average molecular weight is 357 g/mol. The highest BCUT2D eigenvalue weighted by molar-refractivity contribution is 5.81. The summed E-state index contributed by atoms with van der Waals surface area (Å²) in [5.74, 6) is 0.587. The molecular weight excluding hydrogens is 326 g/mol. The summed E-state index contributed by atoms with van der Waals surface area (Å²) in [5, 5.41) is 0. The van der Waals surface area contributed by atoms with Crippen molar-refractivity contribution in [2.45, 2.75) is 33.1 Å². The van der Waals surface area contributed by atoms with Crippen molar-refractivity contribution >= 4 is 11.8 Å². The molecule has 2 aliphatic rings. The summed E-state index contributed by atoms with van der Waals surface area (Å²) in [6.45, 7) is 8.82. The number of likely N-dealkylation sites (tertiary alicyclic amines) is 1. The molecule has 2 fully saturated rings. The molecule has 0 aliphatic carbocycles. The third kappa shape index (κ3) is 4.44. The highest BCUT2D eigenvalue weighted by Gasteiger charge is 2.31. The quantitative estimate of drug-likeness (QED) is 0.829. The van der Waals surface area contributed by atoms with Gasteiger partial charge in [-0.15, -0.1) is 0 Å². The Kier molecular flexibility index (Phi) is 5.97. The van der Waals surface area contributed by atoms with Gasteiger partial charge in [0.05, 0.1) is 12.3 Å². The molecule has 0 bridgehead atoms. The summed E-state index contributed by atoms with van der Waals surface area (Å²) < 4.78 is 0. The van der Waals surface area contributed by atoms with Gasteiger partial charge in [-0.1, -0.05) is 23.8 Å². The van der Waals surface area contributed by atoms with Gasteiger partial charge in [-0.3, -0.25) is 9.59 Å². The fourth-order valence-corrected chi connectivity index (χ4v) is 4.05. The molecule has 1 aromatic carbocycles. The minimum atomic E-state index is 0.136. The number of hydrogen-bond donors (Lipinski definition) is 0. The number of nitrogens with zero attached hydrogens (tertiary/aromatic N) is 3. The lowest BCUT2D eigenvalue weighted by Crippen LogP contribution is -2.40. The first-order valence-corrected chi connectivity index (χ1v) is 9.75. The molecule has 142 valence electrons. The van der Waals surface area contributed by atoms with Crippen molar-refractivity contribution < 1.29 is 9.59 Å². The van der Waals surface area contributed by atoms with Crippen molar-refractivity contribution in [2.75, 3.05) is 46.3 Å². The van der Waals surface area contributed by atoms with Gasteiger partial charge in [-0.05, 0) is 51.4 Å². The molecule has 0 saturated carbocycles. The monoisotopic (exact) mass is 357 g/mol. The standard InChI is InChI=1S/C21H31N3O2/c1-16-5-6-17(2)19(13-16)14-20(25)23-8-4-9-24(12-11-23)21(26)18-7-10-22(3)15-18/h5-6,13,18H,4,7-12,14-15H2,1-3H3. The van der Waals surface area contributed by atoms with Crippen LogP contribution in [0.2, 0.25) is 0 Å². The molecule has 1 atom stereocenters. The normalized spacial score (nSPS) is 21.7. The smallest absolute Gasteiger partial charge is 0.227 e. The molecule has 5 heteroatoms. The van der Waals surface area contributed by atoms with E-state index in [0.29, 0.717) is 19.5 Å². The van der Waals surface area contributed by atoms with Gasteiger partial charge in [0, 0.05) is 32.7 Å². The summed E-state index contributed by atoms with van der Waals surface area (Å²) in [4.78, 5) is 31.7. The minimum absolute atomic E-state index is 0.136. The van der Waals surface area contributed by atoms with Crippen LogP contribution in [0.15, 0.2) is 18.2 Å². The zero-order valence-electron chi connectivity index (χ0n) is 16.3. The number of aryl methyl sites for hydroxylation is 2. The lowest BCUT2D eigenvalue weighted by atomic mass is 10.0. The molecule has 1 aromatic rings. The summed E-state index contributed by atoms with van der Waals surface area (Å²) in [6.07, 6.45) is 2.28. The molecule has 2 saturated heterocycles. The summed E-state index contributed by atoms with van der Waals surface area (Å²) >= 11 is 0. The summed E-state index contributed by atoms with van der Waals surface area (Å²) in [5.41, 5.74) is 3.47. The summed E-state index contributed by atoms with van der Waals surface area (Å²) in [6, 6.07) is 6.27. The van der Waals surface area contributed by atoms with E-state index >= 15 is 0 Å². The van der Waals surface area contributed by atoms with E-state index in [1.165, 1.54) is 11.1 Å². The zero-order valence-corrected chi connectivity index (χ0v) is 16.3. The Morgan fingerprint density at radius 2 is 1.77 bits per heavy atom. The molecule has 0 aromatic heterocycles. The SMILES string of the molecule is Cc1ccc(C)c(CC(=O)N2CCCN(C(=O)C3CCN(C)C3)CC2)c1. The molecule has 0 spiro atoms. The van der Waals surface area contributed by atoms with E-state index in [4.69, 9.17) is 0 Å². The maximum Gasteiger partial charge on any atom is 0.227 e. The van der Waals surface area contributed by atoms with Crippen molar-refractivity contribution in [2.24, 2.45) is 5.92 Å². The van der Waals surface area contributed by atoms with Gasteiger partial charge in [-0.2, -0.15) is 0 Å². The van der Waals surface area contributed by atoms with Crippen molar-refractivity contribution in [3.8, 4) is 0 Å². The van der Waals surface area contributed by atoms with E-state index in [1.54, 1.807) is 0 Å². The van der Waals surface area contributed by atoms with Crippen molar-refractivity contribution in [1.29, 1.82) is 0 Å². The van der Waals surface area contributed by atoms with Gasteiger partial charge in [-0.25, -0.2) is 0 Å². The molecule has 2 aliphatic heterocycles. The Hall–Kier alpha value is -1.88. The number of carbonyl (C=O) groups excluding carboxylic acids is 2. The molecule has 1 unspecified atom stereocenters. The van der Waals surface area contributed by atoms with Gasteiger partial charge in [0.2, 0.25) is 11.8 Å². The van der Waals surface area contributed by atoms with Crippen molar-refractivity contribution in [1.82, 2.24) is 14.7 Å². The maximum atomic E-state index is 12.8. The number of benzene rings is 1. The predicted molar refractivity (Wildman–Crippen MR) is 103 cm³/mol. The van der Waals surface area contributed by atoms with Crippen LogP contribution in [0.25, 0.3) is 0 Å². The first-order valence-electron chi connectivity index (χ1n) is 9.75. The fourth-order valence-electron chi connectivity index (χ4n) is 4.05. The second kappa shape index (κ2) is 8.21. The Labute approximate surface area is 156 Å². The van der Waals surface area contributed by atoms with Gasteiger partial charge >= 0.3 is 0 Å². The second-order valence-corrected chi connectivity index (χ2v) is 7.91. The van der Waals surface area contributed by atoms with Gasteiger partial charge in [0.25, 0.3) is 0 Å². The first-order chi connectivity index (χ1) is 12.4. The largest absolute Gasteiger partial charge is 0.341 e. The number of hydrogen-bond acceptors (Lipinski definition) is 3. The summed E-state index contributed by atoms with van der Waals surface area (Å²) in [7, 11) is 2.07. The van der Waals surface area contributed by atoms with E-state index in [1.807, 2.05) is 9.80 Å². The van der Waals surface area contributed by atoms with Gasteiger partial charge in [0.1, 0.15) is 0 Å². The third-order valence-electron chi connectivity index (χ3n) is 5.75. The first kappa shape index (κ1) is 18.9. The highest BCUT2D eigenvalue weighted by atomic mass is 16.2. The van der Waals surface area contributed by atoms with E-state index < -0.39 is 0 Å². The van der Waals surface area contributed by atoms with Crippen LogP contribution in [-0.2, 0) is 16.0 Å². The Balaban J connectivity index is 1.57. The predicted octanol–water partition coefficient (Wildman–Crippen LogP) is 1.86. The molecular formula is C21H31N3O2. The van der Waals surface area contributed by atoms with Crippen LogP contribution in [-0.4, -0.2) is 72.8 Å². The van der Waals surface area contributed by atoms with Crippen LogP contribution < -0.4 is 0 Å². The van der Waals surface area contributed by atoms with E-state index in [0.717, 1.165) is 44.6 Å². The Morgan fingerprint density at radius 3 is 2.50 bits per heavy atom. The van der Waals surface area contributed by atoms with E-state index in [2.05, 4.69) is 44.0 Å². The van der Waals surface area contributed by atoms with Crippen LogP contribution in [0, 0.1) is 19.8 Å². The number of carbonyl (C=O) groups is 2. The van der Waals surface area contributed by atoms with Crippen LogP contribution >= 0.6 is 0 Å². The van der Waals surface area contributed by atoms with Crippen molar-refractivity contribution in [3.63, 3.8) is 0 Å². The fraction of sp³-hybridized carbons (Fsp3) is 0.619. The molecule has 3 rings (SSSR count). The molecule has 2 heterocycles. The Morgan fingerprint density at radius 1 is 1.04 bits per heavy atom. The van der Waals surface area contributed by atoms with Crippen molar-refractivity contribution in [3.05, 3.63) is 34.9 Å². The lowest BCUT2D eigenvalue weighted by molar-refractivity contribution is -0.136. The average Bonchev–Trinajstić information content (AvgIpc) is 2.90. The second-order valence-electron chi connectivity index (χ2n) is 7.91. The van der Waals surface area contributed by atoms with Gasteiger partial charge < -0.3 is 14.7 Å². The molecule has 5 nitrogen and oxygen atoms in total. The lowest BCUT2D eigenvalue weighted by Gasteiger charge is -2.24. The number of rotatable bonds is 3. The Bertz CT molecular complexity index is 673. The minimum Gasteiger partial charge on any atom is -0.341 e. The topological polar surface area (TPSA) is 43.9 Å². The van der Waals surface area contributed by atoms with Crippen LogP contribution in [0.5, 0.6) is 0 Å². The van der Waals surface area contributed by atoms with E-state index in [9.17, 15) is 9.59 Å². The molecule has 26 heavy (non-hydrogen) atoms. The molecule has 0 N–H and O–H groups in total. The molecule has 2 amide bonds. The highest BCUT2D eigenvalue weighted by Crippen LogP contribution is 2.19. The maximum absolute atomic E-state index is 12.8. The van der Waals surface area contributed by atoms with E-state index in [-0.39, 0.29) is 17.7 Å². The third-order valence-corrected chi connectivity index (χ3v) is 5.75. The van der Waals surface area contributed by atoms with Gasteiger partial charge in [0.15, 0.2) is 0 Å². The van der Waals surface area contributed by atoms with Crippen LogP contribution in [0.3, 0.4) is 0 Å².